The smallest absolute Gasteiger partial charge is 0.416 e. The van der Waals surface area contributed by atoms with Crippen molar-refractivity contribution in [3.05, 3.63) is 87.9 Å². The van der Waals surface area contributed by atoms with Gasteiger partial charge in [-0.15, -0.1) is 0 Å². The van der Waals surface area contributed by atoms with Crippen molar-refractivity contribution in [2.24, 2.45) is 5.10 Å². The van der Waals surface area contributed by atoms with E-state index < -0.39 is 11.7 Å². The topological polar surface area (TPSA) is 42.8 Å². The van der Waals surface area contributed by atoms with Crippen molar-refractivity contribution in [3.63, 3.8) is 0 Å². The summed E-state index contributed by atoms with van der Waals surface area (Å²) in [5.74, 6) is 1.10. The lowest BCUT2D eigenvalue weighted by atomic mass is 10.2. The van der Waals surface area contributed by atoms with Gasteiger partial charge in [0, 0.05) is 10.0 Å². The Balaban J connectivity index is 1.68. The molecule has 4 nitrogen and oxygen atoms in total. The average molecular weight is 479 g/mol. The van der Waals surface area contributed by atoms with Gasteiger partial charge in [-0.1, -0.05) is 30.3 Å². The summed E-state index contributed by atoms with van der Waals surface area (Å²) < 4.78 is 49.8. The summed E-state index contributed by atoms with van der Waals surface area (Å²) in [6.07, 6.45) is -2.83. The Hall–Kier alpha value is -3.00. The van der Waals surface area contributed by atoms with E-state index in [0.29, 0.717) is 29.4 Å². The highest BCUT2D eigenvalue weighted by Gasteiger charge is 2.29. The predicted octanol–water partition coefficient (Wildman–Crippen LogP) is 6.50. The number of hydrazone groups is 1. The van der Waals surface area contributed by atoms with Crippen LogP contribution in [0.4, 0.5) is 18.9 Å². The highest BCUT2D eigenvalue weighted by molar-refractivity contribution is 9.10. The summed E-state index contributed by atoms with van der Waals surface area (Å²) in [6, 6.07) is 17.9. The number of anilines is 1. The number of hydrogen-bond acceptors (Lipinski definition) is 4. The van der Waals surface area contributed by atoms with Crippen molar-refractivity contribution in [3.8, 4) is 11.5 Å². The highest BCUT2D eigenvalue weighted by Crippen LogP contribution is 2.33. The van der Waals surface area contributed by atoms with Crippen LogP contribution in [0, 0.1) is 0 Å². The molecular formula is C22H18BrF3N2O2. The first-order valence-corrected chi connectivity index (χ1v) is 9.66. The number of benzene rings is 3. The normalized spacial score (nSPS) is 11.5. The Bertz CT molecular complexity index is 1010. The van der Waals surface area contributed by atoms with E-state index in [1.807, 2.05) is 30.3 Å². The van der Waals surface area contributed by atoms with Gasteiger partial charge in [0.05, 0.1) is 24.6 Å². The Labute approximate surface area is 180 Å². The maximum Gasteiger partial charge on any atom is 0.416 e. The minimum absolute atomic E-state index is 0.395. The number of halogens is 4. The van der Waals surface area contributed by atoms with E-state index in [1.165, 1.54) is 18.3 Å². The van der Waals surface area contributed by atoms with Crippen LogP contribution in [-0.2, 0) is 12.8 Å². The van der Waals surface area contributed by atoms with Crippen molar-refractivity contribution in [2.75, 3.05) is 12.5 Å². The molecule has 30 heavy (non-hydrogen) atoms. The molecule has 0 fully saturated rings. The van der Waals surface area contributed by atoms with Crippen LogP contribution < -0.4 is 14.9 Å². The van der Waals surface area contributed by atoms with E-state index in [4.69, 9.17) is 9.47 Å². The summed E-state index contributed by atoms with van der Waals surface area (Å²) in [7, 11) is 1.54. The molecule has 0 spiro atoms. The summed E-state index contributed by atoms with van der Waals surface area (Å²) >= 11 is 3.47. The van der Waals surface area contributed by atoms with Crippen LogP contribution in [0.2, 0.25) is 0 Å². The first-order chi connectivity index (χ1) is 14.4. The summed E-state index contributed by atoms with van der Waals surface area (Å²) in [6.45, 7) is 0.395. The Morgan fingerprint density at radius 3 is 2.33 bits per heavy atom. The van der Waals surface area contributed by atoms with E-state index in [-0.39, 0.29) is 0 Å². The molecule has 0 amide bonds. The van der Waals surface area contributed by atoms with Gasteiger partial charge in [-0.2, -0.15) is 18.3 Å². The number of ether oxygens (including phenoxy) is 2. The van der Waals surface area contributed by atoms with Crippen molar-refractivity contribution in [2.45, 2.75) is 12.8 Å². The summed E-state index contributed by atoms with van der Waals surface area (Å²) in [4.78, 5) is 0. The maximum atomic E-state index is 12.6. The van der Waals surface area contributed by atoms with E-state index in [9.17, 15) is 13.2 Å². The standard InChI is InChI=1S/C22H18BrF3N2O2/c1-29-20-11-16(13-27-28-18-9-7-17(8-10-18)22(24,25)26)19(23)12-21(20)30-14-15-5-3-2-4-6-15/h2-13,28H,14H2,1H3/b27-13+. The highest BCUT2D eigenvalue weighted by atomic mass is 79.9. The second-order valence-corrected chi connectivity index (χ2v) is 7.10. The van der Waals surface area contributed by atoms with Gasteiger partial charge in [-0.3, -0.25) is 5.43 Å². The van der Waals surface area contributed by atoms with Gasteiger partial charge >= 0.3 is 6.18 Å². The minimum Gasteiger partial charge on any atom is -0.493 e. The molecule has 0 aliphatic rings. The fourth-order valence-electron chi connectivity index (χ4n) is 2.57. The lowest BCUT2D eigenvalue weighted by Crippen LogP contribution is -2.04. The molecule has 0 aliphatic carbocycles. The van der Waals surface area contributed by atoms with Crippen molar-refractivity contribution < 1.29 is 22.6 Å². The molecule has 3 aromatic rings. The third-order valence-corrected chi connectivity index (χ3v) is 4.82. The molecule has 3 aromatic carbocycles. The summed E-state index contributed by atoms with van der Waals surface area (Å²) in [5.41, 5.74) is 4.17. The molecule has 0 aromatic heterocycles. The molecule has 0 saturated heterocycles. The van der Waals surface area contributed by atoms with Gasteiger partial charge in [0.15, 0.2) is 11.5 Å². The van der Waals surface area contributed by atoms with E-state index in [1.54, 1.807) is 19.2 Å². The average Bonchev–Trinajstić information content (AvgIpc) is 2.74. The molecule has 0 saturated carbocycles. The lowest BCUT2D eigenvalue weighted by molar-refractivity contribution is -0.137. The van der Waals surface area contributed by atoms with Gasteiger partial charge in [0.2, 0.25) is 0 Å². The van der Waals surface area contributed by atoms with Crippen LogP contribution in [0.1, 0.15) is 16.7 Å². The van der Waals surface area contributed by atoms with Crippen LogP contribution >= 0.6 is 15.9 Å². The molecule has 0 aliphatic heterocycles. The number of nitrogens with zero attached hydrogens (tertiary/aromatic N) is 1. The first kappa shape index (κ1) is 21.7. The molecule has 0 heterocycles. The van der Waals surface area contributed by atoms with E-state index in [0.717, 1.165) is 22.2 Å². The second kappa shape index (κ2) is 9.67. The third kappa shape index (κ3) is 5.76. The lowest BCUT2D eigenvalue weighted by Gasteiger charge is -2.13. The van der Waals surface area contributed by atoms with Crippen LogP contribution in [0.25, 0.3) is 0 Å². The molecule has 156 valence electrons. The zero-order valence-electron chi connectivity index (χ0n) is 15.9. The van der Waals surface area contributed by atoms with E-state index >= 15 is 0 Å². The largest absolute Gasteiger partial charge is 0.493 e. The van der Waals surface area contributed by atoms with E-state index in [2.05, 4.69) is 26.5 Å². The molecule has 8 heteroatoms. The summed E-state index contributed by atoms with van der Waals surface area (Å²) in [5, 5.41) is 4.08. The van der Waals surface area contributed by atoms with Gasteiger partial charge in [-0.25, -0.2) is 0 Å². The van der Waals surface area contributed by atoms with Crippen LogP contribution in [0.15, 0.2) is 76.3 Å². The SMILES string of the molecule is COc1cc(/C=N/Nc2ccc(C(F)(F)F)cc2)c(Br)cc1OCc1ccccc1. The Morgan fingerprint density at radius 2 is 1.70 bits per heavy atom. The Kier molecular flexibility index (Phi) is 6.99. The molecule has 1 N–H and O–H groups in total. The Morgan fingerprint density at radius 1 is 1.00 bits per heavy atom. The number of nitrogens with one attached hydrogen (secondary N) is 1. The number of hydrogen-bond donors (Lipinski definition) is 1. The van der Waals surface area contributed by atoms with Crippen LogP contribution in [0.3, 0.4) is 0 Å². The van der Waals surface area contributed by atoms with Gasteiger partial charge in [0.1, 0.15) is 6.61 Å². The third-order valence-electron chi connectivity index (χ3n) is 4.13. The molecule has 3 rings (SSSR count). The van der Waals surface area contributed by atoms with Crippen LogP contribution in [0.5, 0.6) is 11.5 Å². The zero-order chi connectivity index (χ0) is 21.6. The van der Waals surface area contributed by atoms with Crippen molar-refractivity contribution >= 4 is 27.8 Å². The predicted molar refractivity (Wildman–Crippen MR) is 114 cm³/mol. The molecular weight excluding hydrogens is 461 g/mol. The van der Waals surface area contributed by atoms with Crippen molar-refractivity contribution in [1.82, 2.24) is 0 Å². The molecule has 0 unspecified atom stereocenters. The quantitative estimate of drug-likeness (QED) is 0.311. The van der Waals surface area contributed by atoms with Gasteiger partial charge in [0.25, 0.3) is 0 Å². The monoisotopic (exact) mass is 478 g/mol. The molecule has 0 bridgehead atoms. The van der Waals surface area contributed by atoms with Gasteiger partial charge < -0.3 is 9.47 Å². The number of rotatable bonds is 7. The van der Waals surface area contributed by atoms with Crippen molar-refractivity contribution in [1.29, 1.82) is 0 Å². The fourth-order valence-corrected chi connectivity index (χ4v) is 2.99. The van der Waals surface area contributed by atoms with Crippen LogP contribution in [-0.4, -0.2) is 13.3 Å². The first-order valence-electron chi connectivity index (χ1n) is 8.87. The second-order valence-electron chi connectivity index (χ2n) is 6.24. The fraction of sp³-hybridized carbons (Fsp3) is 0.136. The number of methoxy groups -OCH3 is 1. The molecule has 0 radical (unpaired) electrons. The number of alkyl halides is 3. The zero-order valence-corrected chi connectivity index (χ0v) is 17.5. The maximum absolute atomic E-state index is 12.6. The minimum atomic E-state index is -4.37. The van der Waals surface area contributed by atoms with Gasteiger partial charge in [-0.05, 0) is 57.9 Å². The molecule has 0 atom stereocenters.